The van der Waals surface area contributed by atoms with Crippen LogP contribution < -0.4 is 5.32 Å². The van der Waals surface area contributed by atoms with Gasteiger partial charge in [-0.15, -0.1) is 11.3 Å². The molecule has 0 radical (unpaired) electrons. The first-order chi connectivity index (χ1) is 9.52. The van der Waals surface area contributed by atoms with Gasteiger partial charge < -0.3 is 5.32 Å². The zero-order valence-corrected chi connectivity index (χ0v) is 15.1. The molecule has 108 valence electrons. The summed E-state index contributed by atoms with van der Waals surface area (Å²) >= 11 is 11.4. The van der Waals surface area contributed by atoms with Crippen LogP contribution in [0.25, 0.3) is 0 Å². The number of halogens is 2. The largest absolute Gasteiger partial charge is 0.306 e. The molecule has 1 aromatic carbocycles. The maximum Gasteiger partial charge on any atom is 0.0888 e. The molecule has 1 N–H and O–H groups in total. The Morgan fingerprint density at radius 2 is 2.05 bits per heavy atom. The first-order valence-corrected chi connectivity index (χ1v) is 8.77. The summed E-state index contributed by atoms with van der Waals surface area (Å²) in [4.78, 5) is 1.25. The molecule has 0 aliphatic carbocycles. The highest BCUT2D eigenvalue weighted by Crippen LogP contribution is 2.38. The minimum Gasteiger partial charge on any atom is -0.306 e. The van der Waals surface area contributed by atoms with E-state index < -0.39 is 0 Å². The summed E-state index contributed by atoms with van der Waals surface area (Å²) in [5, 5.41) is 4.42. The van der Waals surface area contributed by atoms with Crippen LogP contribution in [0.1, 0.15) is 41.0 Å². The second-order valence-electron chi connectivity index (χ2n) is 5.02. The van der Waals surface area contributed by atoms with Gasteiger partial charge in [0.2, 0.25) is 0 Å². The SMILES string of the molecule is CCCNC(c1cc(Cl)c(Br)s1)c1ccc(C)cc1C. The Kier molecular flexibility index (Phi) is 5.67. The molecule has 1 atom stereocenters. The van der Waals surface area contributed by atoms with Crippen molar-refractivity contribution in [3.8, 4) is 0 Å². The molecule has 0 aliphatic heterocycles. The Labute approximate surface area is 138 Å². The predicted molar refractivity (Wildman–Crippen MR) is 93.1 cm³/mol. The van der Waals surface area contributed by atoms with E-state index in [4.69, 9.17) is 11.6 Å². The lowest BCUT2D eigenvalue weighted by molar-refractivity contribution is 0.603. The third-order valence-electron chi connectivity index (χ3n) is 3.28. The molecule has 1 heterocycles. The number of thiophene rings is 1. The lowest BCUT2D eigenvalue weighted by atomic mass is 9.98. The fourth-order valence-electron chi connectivity index (χ4n) is 2.31. The molecule has 1 aromatic heterocycles. The molecule has 20 heavy (non-hydrogen) atoms. The Balaban J connectivity index is 2.41. The van der Waals surface area contributed by atoms with E-state index in [1.54, 1.807) is 11.3 Å². The summed E-state index contributed by atoms with van der Waals surface area (Å²) in [6.45, 7) is 7.48. The van der Waals surface area contributed by atoms with Crippen LogP contribution >= 0.6 is 38.9 Å². The van der Waals surface area contributed by atoms with Crippen LogP contribution in [0.15, 0.2) is 28.1 Å². The van der Waals surface area contributed by atoms with E-state index in [2.05, 4.69) is 66.3 Å². The zero-order chi connectivity index (χ0) is 14.7. The lowest BCUT2D eigenvalue weighted by Gasteiger charge is -2.20. The third-order valence-corrected chi connectivity index (χ3v) is 5.82. The van der Waals surface area contributed by atoms with E-state index in [1.807, 2.05) is 0 Å². The van der Waals surface area contributed by atoms with E-state index in [0.717, 1.165) is 21.8 Å². The maximum absolute atomic E-state index is 6.20. The second-order valence-corrected chi connectivity index (χ2v) is 7.83. The van der Waals surface area contributed by atoms with Gasteiger partial charge in [0.25, 0.3) is 0 Å². The Hall–Kier alpha value is -0.350. The van der Waals surface area contributed by atoms with Crippen molar-refractivity contribution in [2.45, 2.75) is 33.2 Å². The highest BCUT2D eigenvalue weighted by atomic mass is 79.9. The third kappa shape index (κ3) is 3.64. The molecule has 0 spiro atoms. The van der Waals surface area contributed by atoms with Crippen molar-refractivity contribution >= 4 is 38.9 Å². The Morgan fingerprint density at radius 3 is 2.60 bits per heavy atom. The maximum atomic E-state index is 6.20. The van der Waals surface area contributed by atoms with Crippen LogP contribution in [0.5, 0.6) is 0 Å². The molecule has 0 fully saturated rings. The van der Waals surface area contributed by atoms with Crippen molar-refractivity contribution in [1.29, 1.82) is 0 Å². The molecule has 1 unspecified atom stereocenters. The fraction of sp³-hybridized carbons (Fsp3) is 0.375. The van der Waals surface area contributed by atoms with Crippen LogP contribution in [0.4, 0.5) is 0 Å². The number of hydrogen-bond donors (Lipinski definition) is 1. The van der Waals surface area contributed by atoms with Crippen LogP contribution in [0, 0.1) is 13.8 Å². The van der Waals surface area contributed by atoms with E-state index in [-0.39, 0.29) is 6.04 Å². The predicted octanol–water partition coefficient (Wildman–Crippen LogP) is 5.87. The standard InChI is InChI=1S/C16H19BrClNS/c1-4-7-19-15(14-9-13(18)16(17)20-14)12-6-5-10(2)8-11(12)3/h5-6,8-9,15,19H,4,7H2,1-3H3. The number of nitrogens with one attached hydrogen (secondary N) is 1. The van der Waals surface area contributed by atoms with E-state index in [9.17, 15) is 0 Å². The van der Waals surface area contributed by atoms with Crippen molar-refractivity contribution in [2.24, 2.45) is 0 Å². The summed E-state index contributed by atoms with van der Waals surface area (Å²) in [6, 6.07) is 8.90. The summed E-state index contributed by atoms with van der Waals surface area (Å²) in [6.07, 6.45) is 1.11. The van der Waals surface area contributed by atoms with Crippen LogP contribution in [0.2, 0.25) is 5.02 Å². The number of rotatable bonds is 5. The van der Waals surface area contributed by atoms with Crippen LogP contribution in [0.3, 0.4) is 0 Å². The van der Waals surface area contributed by atoms with Crippen molar-refractivity contribution < 1.29 is 0 Å². The second kappa shape index (κ2) is 7.08. The normalized spacial score (nSPS) is 12.7. The summed E-state index contributed by atoms with van der Waals surface area (Å²) in [5.41, 5.74) is 3.94. The topological polar surface area (TPSA) is 12.0 Å². The quantitative estimate of drug-likeness (QED) is 0.692. The lowest BCUT2D eigenvalue weighted by Crippen LogP contribution is -2.23. The summed E-state index contributed by atoms with van der Waals surface area (Å²) in [7, 11) is 0. The van der Waals surface area contributed by atoms with Gasteiger partial charge in [0, 0.05) is 4.88 Å². The number of benzene rings is 1. The van der Waals surface area contributed by atoms with Gasteiger partial charge in [0.05, 0.1) is 14.9 Å². The minimum absolute atomic E-state index is 0.212. The van der Waals surface area contributed by atoms with Crippen molar-refractivity contribution in [3.05, 3.63) is 54.6 Å². The monoisotopic (exact) mass is 371 g/mol. The van der Waals surface area contributed by atoms with Gasteiger partial charge in [0.15, 0.2) is 0 Å². The van der Waals surface area contributed by atoms with Gasteiger partial charge in [-0.3, -0.25) is 0 Å². The molecular formula is C16H19BrClNS. The average molecular weight is 373 g/mol. The molecule has 0 bridgehead atoms. The molecule has 0 amide bonds. The van der Waals surface area contributed by atoms with E-state index in [0.29, 0.717) is 0 Å². The Bertz CT molecular complexity index is 575. The van der Waals surface area contributed by atoms with Gasteiger partial charge in [-0.2, -0.15) is 0 Å². The molecule has 0 saturated heterocycles. The van der Waals surface area contributed by atoms with Gasteiger partial charge >= 0.3 is 0 Å². The van der Waals surface area contributed by atoms with Gasteiger partial charge in [0.1, 0.15) is 0 Å². The summed E-state index contributed by atoms with van der Waals surface area (Å²) in [5.74, 6) is 0. The molecule has 4 heteroatoms. The van der Waals surface area contributed by atoms with Gasteiger partial charge in [-0.05, 0) is 59.9 Å². The number of hydrogen-bond acceptors (Lipinski definition) is 2. The van der Waals surface area contributed by atoms with Crippen LogP contribution in [-0.4, -0.2) is 6.54 Å². The fourth-order valence-corrected chi connectivity index (χ4v) is 4.15. The highest BCUT2D eigenvalue weighted by molar-refractivity contribution is 9.11. The van der Waals surface area contributed by atoms with Crippen molar-refractivity contribution in [3.63, 3.8) is 0 Å². The first-order valence-electron chi connectivity index (χ1n) is 6.78. The van der Waals surface area contributed by atoms with E-state index in [1.165, 1.54) is 21.6 Å². The zero-order valence-electron chi connectivity index (χ0n) is 12.0. The Morgan fingerprint density at radius 1 is 1.30 bits per heavy atom. The average Bonchev–Trinajstić information content (AvgIpc) is 2.72. The number of aryl methyl sites for hydroxylation is 2. The smallest absolute Gasteiger partial charge is 0.0888 e. The molecule has 2 aromatic rings. The van der Waals surface area contributed by atoms with Crippen LogP contribution in [-0.2, 0) is 0 Å². The summed E-state index contributed by atoms with van der Waals surface area (Å²) < 4.78 is 1.00. The van der Waals surface area contributed by atoms with Crippen molar-refractivity contribution in [1.82, 2.24) is 5.32 Å². The molecule has 2 rings (SSSR count). The minimum atomic E-state index is 0.212. The van der Waals surface area contributed by atoms with Gasteiger partial charge in [-0.1, -0.05) is 42.3 Å². The van der Waals surface area contributed by atoms with Gasteiger partial charge in [-0.25, -0.2) is 0 Å². The molecule has 1 nitrogen and oxygen atoms in total. The van der Waals surface area contributed by atoms with E-state index >= 15 is 0 Å². The first kappa shape index (κ1) is 16.0. The molecular weight excluding hydrogens is 354 g/mol. The highest BCUT2D eigenvalue weighted by Gasteiger charge is 2.19. The molecule has 0 aliphatic rings. The molecule has 0 saturated carbocycles. The van der Waals surface area contributed by atoms with Crippen molar-refractivity contribution in [2.75, 3.05) is 6.54 Å².